The van der Waals surface area contributed by atoms with E-state index >= 15 is 0 Å². The maximum atomic E-state index is 12.0. The van der Waals surface area contributed by atoms with E-state index < -0.39 is 0 Å². The Balaban J connectivity index is 2.22. The van der Waals surface area contributed by atoms with Crippen LogP contribution >= 0.6 is 11.3 Å². The van der Waals surface area contributed by atoms with E-state index in [0.29, 0.717) is 16.3 Å². The van der Waals surface area contributed by atoms with Crippen molar-refractivity contribution in [3.05, 3.63) is 33.1 Å². The van der Waals surface area contributed by atoms with Crippen molar-refractivity contribution in [3.8, 4) is 0 Å². The second kappa shape index (κ2) is 5.11. The fraction of sp³-hybridized carbons (Fsp3) is 0.182. The fourth-order valence-electron chi connectivity index (χ4n) is 1.49. The first kappa shape index (κ1) is 13.1. The van der Waals surface area contributed by atoms with Gasteiger partial charge in [-0.15, -0.1) is 11.3 Å². The van der Waals surface area contributed by atoms with Crippen molar-refractivity contribution < 1.29 is 10.0 Å². The van der Waals surface area contributed by atoms with E-state index in [2.05, 4.69) is 20.7 Å². The van der Waals surface area contributed by atoms with Gasteiger partial charge in [0, 0.05) is 4.88 Å². The van der Waals surface area contributed by atoms with Gasteiger partial charge in [0.25, 0.3) is 5.91 Å². The number of aromatic nitrogens is 2. The van der Waals surface area contributed by atoms with Gasteiger partial charge >= 0.3 is 0 Å². The highest BCUT2D eigenvalue weighted by atomic mass is 32.1. The zero-order chi connectivity index (χ0) is 14.0. The lowest BCUT2D eigenvalue weighted by molar-refractivity contribution is 0.103. The molecule has 0 fully saturated rings. The van der Waals surface area contributed by atoms with Gasteiger partial charge in [0.1, 0.15) is 5.82 Å². The zero-order valence-electron chi connectivity index (χ0n) is 10.4. The third kappa shape index (κ3) is 2.58. The topological polar surface area (TPSA) is 116 Å². The molecule has 0 saturated carbocycles. The molecule has 0 aromatic carbocycles. The Morgan fingerprint density at radius 1 is 1.58 bits per heavy atom. The number of aryl methyl sites for hydroxylation is 2. The summed E-state index contributed by atoms with van der Waals surface area (Å²) < 4.78 is 0. The molecule has 1 amide bonds. The molecule has 0 radical (unpaired) electrons. The molecule has 2 heterocycles. The summed E-state index contributed by atoms with van der Waals surface area (Å²) in [5, 5.41) is 20.5. The van der Waals surface area contributed by atoms with Gasteiger partial charge in [0.05, 0.1) is 16.6 Å². The number of thiophene rings is 1. The van der Waals surface area contributed by atoms with Crippen LogP contribution in [0.4, 0.5) is 5.82 Å². The van der Waals surface area contributed by atoms with Crippen LogP contribution in [0.25, 0.3) is 0 Å². The summed E-state index contributed by atoms with van der Waals surface area (Å²) in [7, 11) is 0. The number of aromatic amines is 1. The number of rotatable bonds is 3. The van der Waals surface area contributed by atoms with E-state index in [-0.39, 0.29) is 11.7 Å². The summed E-state index contributed by atoms with van der Waals surface area (Å²) in [5.74, 6) is -0.0935. The highest BCUT2D eigenvalue weighted by Gasteiger charge is 2.15. The van der Waals surface area contributed by atoms with Gasteiger partial charge in [-0.2, -0.15) is 5.10 Å². The Bertz CT molecular complexity index is 624. The highest BCUT2D eigenvalue weighted by Crippen LogP contribution is 2.22. The molecule has 100 valence electrons. The number of hydrogen-bond acceptors (Lipinski definition) is 5. The molecular weight excluding hydrogens is 266 g/mol. The molecule has 19 heavy (non-hydrogen) atoms. The lowest BCUT2D eigenvalue weighted by atomic mass is 10.2. The van der Waals surface area contributed by atoms with Crippen LogP contribution in [-0.2, 0) is 0 Å². The maximum Gasteiger partial charge on any atom is 0.266 e. The predicted octanol–water partition coefficient (Wildman–Crippen LogP) is 1.43. The highest BCUT2D eigenvalue weighted by molar-refractivity contribution is 7.14. The van der Waals surface area contributed by atoms with Crippen molar-refractivity contribution in [2.24, 2.45) is 10.9 Å². The van der Waals surface area contributed by atoms with Crippen molar-refractivity contribution >= 4 is 28.9 Å². The molecule has 0 unspecified atom stereocenters. The van der Waals surface area contributed by atoms with Crippen LogP contribution in [-0.4, -0.2) is 27.1 Å². The minimum Gasteiger partial charge on any atom is -0.409 e. The second-order valence-corrected chi connectivity index (χ2v) is 5.20. The first-order chi connectivity index (χ1) is 9.02. The van der Waals surface area contributed by atoms with Crippen molar-refractivity contribution in [1.82, 2.24) is 10.2 Å². The number of amides is 1. The van der Waals surface area contributed by atoms with Crippen molar-refractivity contribution in [2.75, 3.05) is 5.32 Å². The lowest BCUT2D eigenvalue weighted by Gasteiger charge is -2.03. The molecule has 0 saturated heterocycles. The van der Waals surface area contributed by atoms with Gasteiger partial charge in [0.15, 0.2) is 5.84 Å². The molecule has 0 spiro atoms. The monoisotopic (exact) mass is 279 g/mol. The SMILES string of the molecule is Cc1cc(C(=O)Nc2[nH]ncc2C(N)=NO)sc1C. The minimum atomic E-state index is -0.266. The van der Waals surface area contributed by atoms with Crippen LogP contribution in [0.2, 0.25) is 0 Å². The van der Waals surface area contributed by atoms with E-state index in [1.165, 1.54) is 17.5 Å². The normalized spacial score (nSPS) is 11.6. The van der Waals surface area contributed by atoms with Crippen molar-refractivity contribution in [3.63, 3.8) is 0 Å². The number of anilines is 1. The zero-order valence-corrected chi connectivity index (χ0v) is 11.2. The maximum absolute atomic E-state index is 12.0. The average Bonchev–Trinajstić information content (AvgIpc) is 2.96. The van der Waals surface area contributed by atoms with E-state index in [0.717, 1.165) is 10.4 Å². The number of carbonyl (C=O) groups is 1. The first-order valence-corrected chi connectivity index (χ1v) is 6.24. The number of nitrogens with two attached hydrogens (primary N) is 1. The van der Waals surface area contributed by atoms with Crippen LogP contribution in [0.1, 0.15) is 25.7 Å². The summed E-state index contributed by atoms with van der Waals surface area (Å²) >= 11 is 1.41. The van der Waals surface area contributed by atoms with Gasteiger partial charge in [-0.1, -0.05) is 5.16 Å². The Hall–Kier alpha value is -2.35. The number of hydrogen-bond donors (Lipinski definition) is 4. The third-order valence-electron chi connectivity index (χ3n) is 2.65. The molecule has 2 aromatic rings. The molecule has 0 aliphatic rings. The van der Waals surface area contributed by atoms with Gasteiger partial charge in [-0.3, -0.25) is 9.89 Å². The van der Waals surface area contributed by atoms with Crippen LogP contribution in [0, 0.1) is 13.8 Å². The summed E-state index contributed by atoms with van der Waals surface area (Å²) in [4.78, 5) is 13.7. The number of H-pyrrole nitrogens is 1. The molecule has 8 heteroatoms. The van der Waals surface area contributed by atoms with Crippen LogP contribution in [0.15, 0.2) is 17.4 Å². The Morgan fingerprint density at radius 3 is 2.89 bits per heavy atom. The molecule has 0 aliphatic heterocycles. The fourth-order valence-corrected chi connectivity index (χ4v) is 2.42. The third-order valence-corrected chi connectivity index (χ3v) is 3.80. The van der Waals surface area contributed by atoms with Gasteiger partial charge < -0.3 is 16.3 Å². The van der Waals surface area contributed by atoms with Gasteiger partial charge in [-0.05, 0) is 25.5 Å². The largest absolute Gasteiger partial charge is 0.409 e. The molecular formula is C11H13N5O2S. The van der Waals surface area contributed by atoms with Crippen LogP contribution in [0.3, 0.4) is 0 Å². The number of amidine groups is 1. The summed E-state index contributed by atoms with van der Waals surface area (Å²) in [6.45, 7) is 3.90. The number of carbonyl (C=O) groups excluding carboxylic acids is 1. The molecule has 0 aliphatic carbocycles. The van der Waals surface area contributed by atoms with E-state index in [1.54, 1.807) is 0 Å². The van der Waals surface area contributed by atoms with E-state index in [1.807, 2.05) is 19.9 Å². The second-order valence-electron chi connectivity index (χ2n) is 3.95. The van der Waals surface area contributed by atoms with E-state index in [9.17, 15) is 4.79 Å². The number of nitrogens with one attached hydrogen (secondary N) is 2. The summed E-state index contributed by atoms with van der Waals surface area (Å²) in [6, 6.07) is 1.81. The molecule has 0 atom stereocenters. The molecule has 2 aromatic heterocycles. The minimum absolute atomic E-state index is 0.123. The molecule has 7 nitrogen and oxygen atoms in total. The first-order valence-electron chi connectivity index (χ1n) is 5.42. The van der Waals surface area contributed by atoms with Gasteiger partial charge in [-0.25, -0.2) is 0 Å². The summed E-state index contributed by atoms with van der Waals surface area (Å²) in [5.41, 5.74) is 6.87. The molecule has 2 rings (SSSR count). The smallest absolute Gasteiger partial charge is 0.266 e. The number of oxime groups is 1. The average molecular weight is 279 g/mol. The lowest BCUT2D eigenvalue weighted by Crippen LogP contribution is -2.17. The van der Waals surface area contributed by atoms with Crippen molar-refractivity contribution in [1.29, 1.82) is 0 Å². The Kier molecular flexibility index (Phi) is 3.52. The molecule has 0 bridgehead atoms. The number of nitrogens with zero attached hydrogens (tertiary/aromatic N) is 2. The van der Waals surface area contributed by atoms with Crippen LogP contribution in [0.5, 0.6) is 0 Å². The van der Waals surface area contributed by atoms with Crippen LogP contribution < -0.4 is 11.1 Å². The summed E-state index contributed by atoms with van der Waals surface area (Å²) in [6.07, 6.45) is 1.37. The predicted molar refractivity (Wildman–Crippen MR) is 72.8 cm³/mol. The van der Waals surface area contributed by atoms with E-state index in [4.69, 9.17) is 10.9 Å². The van der Waals surface area contributed by atoms with Gasteiger partial charge in [0.2, 0.25) is 0 Å². The Labute approximate surface area is 113 Å². The quantitative estimate of drug-likeness (QED) is 0.294. The van der Waals surface area contributed by atoms with Crippen molar-refractivity contribution in [2.45, 2.75) is 13.8 Å². The Morgan fingerprint density at radius 2 is 2.32 bits per heavy atom. The standard InChI is InChI=1S/C11H13N5O2S/c1-5-3-8(19-6(5)2)11(17)14-10-7(4-13-15-10)9(12)16-18/h3-4,18H,1-2H3,(H2,12,16)(H2,13,14,15,17). The molecule has 5 N–H and O–H groups in total.